The summed E-state index contributed by atoms with van der Waals surface area (Å²) in [5.74, 6) is -0.910. The second-order valence-electron chi connectivity index (χ2n) is 10.5. The monoisotopic (exact) mass is 513 g/mol. The van der Waals surface area contributed by atoms with Crippen LogP contribution >= 0.6 is 11.3 Å². The van der Waals surface area contributed by atoms with Crippen molar-refractivity contribution in [3.8, 4) is 11.3 Å². The van der Waals surface area contributed by atoms with Crippen LogP contribution in [0.1, 0.15) is 47.8 Å². The van der Waals surface area contributed by atoms with E-state index in [-0.39, 0.29) is 5.41 Å². The minimum Gasteiger partial charge on any atom is -0.478 e. The summed E-state index contributed by atoms with van der Waals surface area (Å²) in [5.41, 5.74) is 7.48. The topological polar surface area (TPSA) is 56.7 Å². The first-order chi connectivity index (χ1) is 17.6. The van der Waals surface area contributed by atoms with Gasteiger partial charge in [0.15, 0.2) is 5.13 Å². The Morgan fingerprint density at radius 2 is 1.49 bits per heavy atom. The zero-order valence-electron chi connectivity index (χ0n) is 22.2. The lowest BCUT2D eigenvalue weighted by Crippen LogP contribution is -2.20. The zero-order valence-corrected chi connectivity index (χ0v) is 23.0. The van der Waals surface area contributed by atoms with Gasteiger partial charge in [-0.05, 0) is 52.8 Å². The summed E-state index contributed by atoms with van der Waals surface area (Å²) in [6.07, 6.45) is 1.00. The van der Waals surface area contributed by atoms with Gasteiger partial charge >= 0.3 is 5.97 Å². The van der Waals surface area contributed by atoms with Crippen molar-refractivity contribution in [1.82, 2.24) is 4.98 Å². The minimum atomic E-state index is -0.910. The van der Waals surface area contributed by atoms with E-state index < -0.39 is 5.97 Å². The fourth-order valence-corrected chi connectivity index (χ4v) is 4.95. The maximum absolute atomic E-state index is 11.1. The molecule has 0 aliphatic carbocycles. The van der Waals surface area contributed by atoms with E-state index in [1.165, 1.54) is 16.8 Å². The first-order valence-electron chi connectivity index (χ1n) is 12.5. The Hall–Kier alpha value is -3.64. The molecule has 0 amide bonds. The molecule has 0 saturated carbocycles. The van der Waals surface area contributed by atoms with E-state index in [1.54, 1.807) is 23.5 Å². The number of anilines is 2. The number of carbonyl (C=O) groups is 1. The second-order valence-corrected chi connectivity index (χ2v) is 11.4. The maximum atomic E-state index is 11.1. The normalized spacial score (nSPS) is 11.4. The maximum Gasteiger partial charge on any atom is 0.335 e. The smallest absolute Gasteiger partial charge is 0.335 e. The van der Waals surface area contributed by atoms with Crippen LogP contribution < -0.4 is 9.80 Å². The van der Waals surface area contributed by atoms with Gasteiger partial charge in [0.25, 0.3) is 0 Å². The molecular weight excluding hydrogens is 478 g/mol. The molecule has 0 aliphatic rings. The van der Waals surface area contributed by atoms with Crippen molar-refractivity contribution < 1.29 is 9.90 Å². The van der Waals surface area contributed by atoms with Gasteiger partial charge in [-0.1, -0.05) is 69.3 Å². The summed E-state index contributed by atoms with van der Waals surface area (Å²) in [5, 5.41) is 12.1. The lowest BCUT2D eigenvalue weighted by molar-refractivity contribution is 0.0697. The first-order valence-corrected chi connectivity index (χ1v) is 13.4. The Labute approximate surface area is 224 Å². The molecule has 5 nitrogen and oxygen atoms in total. The molecule has 3 aromatic carbocycles. The highest BCUT2D eigenvalue weighted by Gasteiger charge is 2.13. The summed E-state index contributed by atoms with van der Waals surface area (Å²) in [4.78, 5) is 20.3. The molecule has 0 radical (unpaired) electrons. The number of carboxylic acids is 1. The Morgan fingerprint density at radius 1 is 0.865 bits per heavy atom. The predicted octanol–water partition coefficient (Wildman–Crippen LogP) is 7.12. The van der Waals surface area contributed by atoms with Crippen LogP contribution in [0.5, 0.6) is 0 Å². The van der Waals surface area contributed by atoms with Crippen LogP contribution in [0.2, 0.25) is 0 Å². The fraction of sp³-hybridized carbons (Fsp3) is 0.290. The van der Waals surface area contributed by atoms with E-state index in [2.05, 4.69) is 91.5 Å². The number of rotatable bonds is 9. The number of nitrogens with zero attached hydrogens (tertiary/aromatic N) is 3. The highest BCUT2D eigenvalue weighted by atomic mass is 32.1. The number of hydrogen-bond acceptors (Lipinski definition) is 5. The van der Waals surface area contributed by atoms with Crippen LogP contribution in [-0.4, -0.2) is 36.7 Å². The number of aromatic nitrogens is 1. The fourth-order valence-electron chi connectivity index (χ4n) is 4.15. The Morgan fingerprint density at radius 3 is 2.08 bits per heavy atom. The van der Waals surface area contributed by atoms with Gasteiger partial charge < -0.3 is 14.9 Å². The molecule has 1 N–H and O–H groups in total. The summed E-state index contributed by atoms with van der Waals surface area (Å²) >= 11 is 1.61. The van der Waals surface area contributed by atoms with Crippen molar-refractivity contribution in [2.24, 2.45) is 0 Å². The molecule has 0 atom stereocenters. The summed E-state index contributed by atoms with van der Waals surface area (Å²) in [6, 6.07) is 24.6. The molecule has 0 spiro atoms. The summed E-state index contributed by atoms with van der Waals surface area (Å²) < 4.78 is 0. The number of aromatic carboxylic acids is 1. The summed E-state index contributed by atoms with van der Waals surface area (Å²) in [7, 11) is 4.14. The SMILES string of the molecule is CN(CCc1ccc(C(C)(C)C)cc1)c1ccc(-c2csc(N(C)Cc3ccc(C(=O)O)cc3)n2)cc1. The van der Waals surface area contributed by atoms with Crippen LogP contribution in [0.4, 0.5) is 10.8 Å². The van der Waals surface area contributed by atoms with E-state index in [9.17, 15) is 4.79 Å². The third-order valence-corrected chi connectivity index (χ3v) is 7.55. The van der Waals surface area contributed by atoms with Crippen LogP contribution in [0.3, 0.4) is 0 Å². The predicted molar refractivity (Wildman–Crippen MR) is 155 cm³/mol. The van der Waals surface area contributed by atoms with Crippen molar-refractivity contribution in [3.05, 3.63) is 100 Å². The van der Waals surface area contributed by atoms with Crippen LogP contribution in [0, 0.1) is 0 Å². The molecule has 1 aromatic heterocycles. The molecule has 4 rings (SSSR count). The van der Waals surface area contributed by atoms with E-state index in [1.807, 2.05) is 19.2 Å². The molecule has 0 unspecified atom stereocenters. The van der Waals surface area contributed by atoms with Crippen molar-refractivity contribution >= 4 is 28.1 Å². The van der Waals surface area contributed by atoms with Crippen molar-refractivity contribution in [2.45, 2.75) is 39.2 Å². The number of thiazole rings is 1. The van der Waals surface area contributed by atoms with Gasteiger partial charge in [-0.15, -0.1) is 11.3 Å². The Bertz CT molecular complexity index is 1320. The van der Waals surface area contributed by atoms with Crippen molar-refractivity contribution in [2.75, 3.05) is 30.4 Å². The first kappa shape index (κ1) is 26.4. The van der Waals surface area contributed by atoms with Crippen LogP contribution in [0.15, 0.2) is 78.2 Å². The minimum absolute atomic E-state index is 0.181. The van der Waals surface area contributed by atoms with Crippen LogP contribution in [-0.2, 0) is 18.4 Å². The van der Waals surface area contributed by atoms with Crippen LogP contribution in [0.25, 0.3) is 11.3 Å². The average molecular weight is 514 g/mol. The molecule has 0 fully saturated rings. The Kier molecular flexibility index (Phi) is 7.98. The zero-order chi connectivity index (χ0) is 26.6. The molecule has 6 heteroatoms. The van der Waals surface area contributed by atoms with Gasteiger partial charge in [0, 0.05) is 43.8 Å². The number of benzene rings is 3. The molecule has 1 heterocycles. The largest absolute Gasteiger partial charge is 0.478 e. The van der Waals surface area contributed by atoms with E-state index in [0.717, 1.165) is 34.9 Å². The molecule has 0 bridgehead atoms. The number of carboxylic acid groups (broad SMARTS) is 1. The van der Waals surface area contributed by atoms with E-state index >= 15 is 0 Å². The third-order valence-electron chi connectivity index (χ3n) is 6.60. The molecular formula is C31H35N3O2S. The standard InChI is InChI=1S/C31H35N3O2S/c1-31(2,3)26-14-8-22(9-15-26)18-19-33(4)27-16-12-24(13-17-27)28-21-37-30(32-28)34(5)20-23-6-10-25(11-7-23)29(35)36/h6-17,21H,18-20H2,1-5H3,(H,35,36). The van der Waals surface area contributed by atoms with Crippen molar-refractivity contribution in [1.29, 1.82) is 0 Å². The third kappa shape index (κ3) is 6.77. The van der Waals surface area contributed by atoms with Gasteiger partial charge in [0.1, 0.15) is 0 Å². The Balaban J connectivity index is 1.34. The van der Waals surface area contributed by atoms with Gasteiger partial charge in [-0.3, -0.25) is 0 Å². The van der Waals surface area contributed by atoms with Gasteiger partial charge in [0.2, 0.25) is 0 Å². The average Bonchev–Trinajstić information content (AvgIpc) is 3.38. The molecule has 4 aromatic rings. The molecule has 37 heavy (non-hydrogen) atoms. The highest BCUT2D eigenvalue weighted by molar-refractivity contribution is 7.14. The molecule has 0 saturated heterocycles. The number of likely N-dealkylation sites (N-methyl/N-ethyl adjacent to an activating group) is 1. The van der Waals surface area contributed by atoms with Crippen molar-refractivity contribution in [3.63, 3.8) is 0 Å². The van der Waals surface area contributed by atoms with Gasteiger partial charge in [0.05, 0.1) is 11.3 Å². The summed E-state index contributed by atoms with van der Waals surface area (Å²) in [6.45, 7) is 8.35. The molecule has 0 aliphatic heterocycles. The van der Waals surface area contributed by atoms with E-state index in [0.29, 0.717) is 12.1 Å². The number of hydrogen-bond donors (Lipinski definition) is 1. The quantitative estimate of drug-likeness (QED) is 0.258. The lowest BCUT2D eigenvalue weighted by Gasteiger charge is -2.21. The van der Waals surface area contributed by atoms with Gasteiger partial charge in [-0.25, -0.2) is 9.78 Å². The van der Waals surface area contributed by atoms with Gasteiger partial charge in [-0.2, -0.15) is 0 Å². The van der Waals surface area contributed by atoms with E-state index in [4.69, 9.17) is 10.1 Å². The lowest BCUT2D eigenvalue weighted by atomic mass is 9.86. The molecule has 192 valence electrons. The highest BCUT2D eigenvalue weighted by Crippen LogP contribution is 2.29. The second kappa shape index (κ2) is 11.2.